The average molecular weight is 334 g/mol. The molecule has 3 rings (SSSR count). The molecule has 0 amide bonds. The zero-order valence-electron chi connectivity index (χ0n) is 15.2. The Morgan fingerprint density at radius 1 is 1.33 bits per heavy atom. The molecule has 24 heavy (non-hydrogen) atoms. The van der Waals surface area contributed by atoms with Crippen LogP contribution < -0.4 is 0 Å². The number of aliphatic hydroxyl groups is 1. The number of terminal acetylenes is 1. The number of allylic oxidation sites excluding steroid dienone is 2. The largest absolute Gasteiger partial charge is 0.490 e. The van der Waals surface area contributed by atoms with E-state index in [-0.39, 0.29) is 24.4 Å². The van der Waals surface area contributed by atoms with Crippen LogP contribution in [-0.4, -0.2) is 42.6 Å². The van der Waals surface area contributed by atoms with E-state index in [1.807, 2.05) is 0 Å². The average Bonchev–Trinajstić information content (AvgIpc) is 3.08. The summed E-state index contributed by atoms with van der Waals surface area (Å²) in [6.07, 6.45) is 9.62. The minimum absolute atomic E-state index is 0.101. The number of carbonyl (C=O) groups is 1. The van der Waals surface area contributed by atoms with Gasteiger partial charge in [-0.2, -0.15) is 0 Å². The molecular formula is C18H27BO5. The van der Waals surface area contributed by atoms with Gasteiger partial charge in [-0.25, -0.2) is 4.79 Å². The van der Waals surface area contributed by atoms with E-state index < -0.39 is 5.97 Å². The minimum atomic E-state index is -0.630. The lowest BCUT2D eigenvalue weighted by Crippen LogP contribution is -2.41. The molecule has 3 aliphatic rings. The van der Waals surface area contributed by atoms with Crippen molar-refractivity contribution >= 4 is 13.1 Å². The SMILES string of the molecule is C#CC(=O)OC.CC1(C)OB(C2=C[C@H]3C[C@@H](O)C[C@H]3C2)OC1(C)C. The van der Waals surface area contributed by atoms with Gasteiger partial charge in [0.2, 0.25) is 0 Å². The van der Waals surface area contributed by atoms with Crippen molar-refractivity contribution in [1.29, 1.82) is 0 Å². The Kier molecular flexibility index (Phi) is 5.49. The Bertz CT molecular complexity index is 544. The number of hydrogen-bond acceptors (Lipinski definition) is 5. The van der Waals surface area contributed by atoms with E-state index in [4.69, 9.17) is 9.31 Å². The van der Waals surface area contributed by atoms with E-state index in [2.05, 4.69) is 44.9 Å². The van der Waals surface area contributed by atoms with Crippen LogP contribution in [0.5, 0.6) is 0 Å². The Morgan fingerprint density at radius 2 is 1.92 bits per heavy atom. The topological polar surface area (TPSA) is 65.0 Å². The van der Waals surface area contributed by atoms with Crippen molar-refractivity contribution < 1.29 is 23.9 Å². The third kappa shape index (κ3) is 3.85. The highest BCUT2D eigenvalue weighted by Gasteiger charge is 2.54. The highest BCUT2D eigenvalue weighted by Crippen LogP contribution is 2.47. The quantitative estimate of drug-likeness (QED) is 0.344. The summed E-state index contributed by atoms with van der Waals surface area (Å²) in [5.74, 6) is 2.27. The minimum Gasteiger partial charge on any atom is -0.459 e. The van der Waals surface area contributed by atoms with Crippen molar-refractivity contribution in [3.05, 3.63) is 11.5 Å². The van der Waals surface area contributed by atoms with Crippen molar-refractivity contribution in [2.45, 2.75) is 64.3 Å². The van der Waals surface area contributed by atoms with Gasteiger partial charge < -0.3 is 19.2 Å². The molecule has 0 spiro atoms. The monoisotopic (exact) mass is 334 g/mol. The molecule has 1 saturated heterocycles. The fraction of sp³-hybridized carbons (Fsp3) is 0.722. The van der Waals surface area contributed by atoms with Crippen LogP contribution in [0.1, 0.15) is 47.0 Å². The van der Waals surface area contributed by atoms with Gasteiger partial charge in [-0.3, -0.25) is 0 Å². The summed E-state index contributed by atoms with van der Waals surface area (Å²) in [6.45, 7) is 8.36. The van der Waals surface area contributed by atoms with Crippen LogP contribution >= 0.6 is 0 Å². The van der Waals surface area contributed by atoms with Crippen LogP contribution in [-0.2, 0) is 18.8 Å². The molecule has 0 aromatic carbocycles. The Hall–Kier alpha value is -1.29. The maximum absolute atomic E-state index is 9.72. The second-order valence-corrected chi connectivity index (χ2v) is 7.72. The summed E-state index contributed by atoms with van der Waals surface area (Å²) in [5, 5.41) is 9.66. The Morgan fingerprint density at radius 3 is 2.33 bits per heavy atom. The van der Waals surface area contributed by atoms with E-state index in [1.54, 1.807) is 5.92 Å². The van der Waals surface area contributed by atoms with Gasteiger partial charge in [0, 0.05) is 5.92 Å². The van der Waals surface area contributed by atoms with Gasteiger partial charge >= 0.3 is 13.1 Å². The van der Waals surface area contributed by atoms with Gasteiger partial charge in [-0.1, -0.05) is 6.08 Å². The van der Waals surface area contributed by atoms with Crippen molar-refractivity contribution in [1.82, 2.24) is 0 Å². The number of methoxy groups -OCH3 is 1. The van der Waals surface area contributed by atoms with Crippen LogP contribution in [0.15, 0.2) is 11.5 Å². The summed E-state index contributed by atoms with van der Waals surface area (Å²) in [5.41, 5.74) is 0.779. The highest BCUT2D eigenvalue weighted by molar-refractivity contribution is 6.54. The molecule has 1 saturated carbocycles. The van der Waals surface area contributed by atoms with Gasteiger partial charge in [0.1, 0.15) is 0 Å². The normalized spacial score (nSPS) is 32.3. The molecule has 0 unspecified atom stereocenters. The van der Waals surface area contributed by atoms with E-state index in [1.165, 1.54) is 12.6 Å². The highest BCUT2D eigenvalue weighted by atomic mass is 16.7. The Balaban J connectivity index is 0.000000301. The fourth-order valence-electron chi connectivity index (χ4n) is 3.44. The lowest BCUT2D eigenvalue weighted by molar-refractivity contribution is -0.133. The zero-order valence-corrected chi connectivity index (χ0v) is 15.2. The maximum Gasteiger partial charge on any atom is 0.490 e. The second-order valence-electron chi connectivity index (χ2n) is 7.72. The van der Waals surface area contributed by atoms with Gasteiger partial charge in [0.15, 0.2) is 0 Å². The maximum atomic E-state index is 9.72. The lowest BCUT2D eigenvalue weighted by Gasteiger charge is -2.32. The van der Waals surface area contributed by atoms with E-state index in [9.17, 15) is 9.90 Å². The van der Waals surface area contributed by atoms with Gasteiger partial charge in [-0.05, 0) is 64.3 Å². The van der Waals surface area contributed by atoms with Crippen LogP contribution in [0.3, 0.4) is 0 Å². The summed E-state index contributed by atoms with van der Waals surface area (Å²) in [4.78, 5) is 9.72. The van der Waals surface area contributed by atoms with Crippen molar-refractivity contribution in [3.63, 3.8) is 0 Å². The van der Waals surface area contributed by atoms with Gasteiger partial charge in [-0.15, -0.1) is 6.42 Å². The molecule has 5 nitrogen and oxygen atoms in total. The first-order chi connectivity index (χ1) is 11.1. The van der Waals surface area contributed by atoms with E-state index in [0.717, 1.165) is 19.3 Å². The predicted molar refractivity (Wildman–Crippen MR) is 91.9 cm³/mol. The van der Waals surface area contributed by atoms with E-state index >= 15 is 0 Å². The van der Waals surface area contributed by atoms with Gasteiger partial charge in [0.25, 0.3) is 0 Å². The molecule has 1 aliphatic heterocycles. The molecule has 132 valence electrons. The number of fused-ring (bicyclic) bond motifs is 1. The number of esters is 1. The zero-order chi connectivity index (χ0) is 18.1. The van der Waals surface area contributed by atoms with Crippen LogP contribution in [0.2, 0.25) is 0 Å². The third-order valence-corrected chi connectivity index (χ3v) is 5.51. The van der Waals surface area contributed by atoms with Crippen LogP contribution in [0.25, 0.3) is 0 Å². The summed E-state index contributed by atoms with van der Waals surface area (Å²) in [7, 11) is 1.06. The number of hydrogen-bond donors (Lipinski definition) is 1. The molecule has 0 aromatic rings. The van der Waals surface area contributed by atoms with Crippen molar-refractivity contribution in [3.8, 4) is 12.3 Å². The molecule has 2 fully saturated rings. The molecule has 0 aromatic heterocycles. The number of aliphatic hydroxyl groups excluding tert-OH is 1. The standard InChI is InChI=1S/C14H23BO3.C4H4O2/c1-13(2)14(3,4)18-15(17-13)11-5-9-7-12(16)8-10(9)6-11;1-3-4(5)6-2/h5,9-10,12,16H,6-8H2,1-4H3;1H,2H3/t9-,10+,12+;/m0./s1. The van der Waals surface area contributed by atoms with E-state index in [0.29, 0.717) is 11.8 Å². The molecular weight excluding hydrogens is 307 g/mol. The lowest BCUT2D eigenvalue weighted by atomic mass is 9.76. The fourth-order valence-corrected chi connectivity index (χ4v) is 3.44. The molecule has 1 heterocycles. The van der Waals surface area contributed by atoms with Crippen LogP contribution in [0.4, 0.5) is 0 Å². The second kappa shape index (κ2) is 6.91. The van der Waals surface area contributed by atoms with Crippen molar-refractivity contribution in [2.24, 2.45) is 11.8 Å². The molecule has 6 heteroatoms. The summed E-state index contributed by atoms with van der Waals surface area (Å²) in [6, 6.07) is 0. The van der Waals surface area contributed by atoms with Gasteiger partial charge in [0.05, 0.1) is 24.4 Å². The molecule has 3 atom stereocenters. The predicted octanol–water partition coefficient (Wildman–Crippen LogP) is 2.13. The summed E-state index contributed by atoms with van der Waals surface area (Å²) >= 11 is 0. The molecule has 1 N–H and O–H groups in total. The Labute approximate surface area is 144 Å². The number of carbonyl (C=O) groups excluding carboxylic acids is 1. The molecule has 2 aliphatic carbocycles. The first-order valence-electron chi connectivity index (χ1n) is 8.38. The van der Waals surface area contributed by atoms with Crippen molar-refractivity contribution in [2.75, 3.05) is 7.11 Å². The van der Waals surface area contributed by atoms with Crippen LogP contribution in [0, 0.1) is 24.2 Å². The number of ether oxygens (including phenoxy) is 1. The summed E-state index contributed by atoms with van der Waals surface area (Å²) < 4.78 is 16.2. The molecule has 0 bridgehead atoms. The first kappa shape index (κ1) is 19.0. The third-order valence-electron chi connectivity index (χ3n) is 5.51. The smallest absolute Gasteiger partial charge is 0.459 e. The number of rotatable bonds is 1. The molecule has 0 radical (unpaired) electrons. The first-order valence-corrected chi connectivity index (χ1v) is 8.38.